The van der Waals surface area contributed by atoms with Crippen LogP contribution in [-0.4, -0.2) is 44.0 Å². The molecule has 19 heavy (non-hydrogen) atoms. The van der Waals surface area contributed by atoms with Crippen LogP contribution in [0.2, 0.25) is 0 Å². The minimum atomic E-state index is 0.217. The number of nitrogens with zero attached hydrogens (tertiary/aromatic N) is 1. The summed E-state index contributed by atoms with van der Waals surface area (Å²) < 4.78 is 0. The number of nitrogens with one attached hydrogen (secondary N) is 1. The maximum Gasteiger partial charge on any atom is 0.220 e. The van der Waals surface area contributed by atoms with Gasteiger partial charge in [0.1, 0.15) is 0 Å². The van der Waals surface area contributed by atoms with Gasteiger partial charge in [0, 0.05) is 13.0 Å². The number of carbonyl (C=O) groups excluding carboxylic acids is 1. The Morgan fingerprint density at radius 1 is 1.37 bits per heavy atom. The van der Waals surface area contributed by atoms with Gasteiger partial charge >= 0.3 is 0 Å². The molecule has 1 rings (SSSR count). The van der Waals surface area contributed by atoms with Crippen LogP contribution in [0.25, 0.3) is 0 Å². The zero-order chi connectivity index (χ0) is 14.1. The fraction of sp³-hybridized carbons (Fsp3) is 0.933. The SMILES string of the molecule is CCC(CCN)CCC(=O)NCC1CCN(C)CC1. The summed E-state index contributed by atoms with van der Waals surface area (Å²) in [4.78, 5) is 14.2. The molecule has 0 aromatic rings. The second kappa shape index (κ2) is 9.32. The summed E-state index contributed by atoms with van der Waals surface area (Å²) in [5.74, 6) is 1.50. The Kier molecular flexibility index (Phi) is 8.07. The van der Waals surface area contributed by atoms with Crippen molar-refractivity contribution in [1.29, 1.82) is 0 Å². The van der Waals surface area contributed by atoms with Crippen molar-refractivity contribution in [2.75, 3.05) is 33.2 Å². The fourth-order valence-corrected chi connectivity index (χ4v) is 2.74. The van der Waals surface area contributed by atoms with Crippen molar-refractivity contribution in [3.8, 4) is 0 Å². The van der Waals surface area contributed by atoms with E-state index in [1.807, 2.05) is 0 Å². The lowest BCUT2D eigenvalue weighted by Gasteiger charge is -2.29. The number of piperidine rings is 1. The topological polar surface area (TPSA) is 58.4 Å². The molecule has 0 saturated carbocycles. The maximum absolute atomic E-state index is 11.8. The molecule has 1 unspecified atom stereocenters. The van der Waals surface area contributed by atoms with E-state index in [1.165, 1.54) is 12.8 Å². The third-order valence-electron chi connectivity index (χ3n) is 4.36. The largest absolute Gasteiger partial charge is 0.356 e. The van der Waals surface area contributed by atoms with Gasteiger partial charge in [-0.05, 0) is 64.2 Å². The van der Waals surface area contributed by atoms with Gasteiger partial charge in [-0.25, -0.2) is 0 Å². The van der Waals surface area contributed by atoms with Gasteiger partial charge in [-0.2, -0.15) is 0 Å². The van der Waals surface area contributed by atoms with Crippen LogP contribution in [0.5, 0.6) is 0 Å². The van der Waals surface area contributed by atoms with E-state index in [-0.39, 0.29) is 5.91 Å². The summed E-state index contributed by atoms with van der Waals surface area (Å²) in [7, 11) is 2.16. The number of likely N-dealkylation sites (tertiary alicyclic amines) is 1. The molecule has 0 aromatic heterocycles. The van der Waals surface area contributed by atoms with Crippen LogP contribution in [0.15, 0.2) is 0 Å². The van der Waals surface area contributed by atoms with Crippen LogP contribution in [0.3, 0.4) is 0 Å². The summed E-state index contributed by atoms with van der Waals surface area (Å²) in [6.07, 6.45) is 6.22. The molecule has 0 bridgehead atoms. The fourth-order valence-electron chi connectivity index (χ4n) is 2.74. The molecule has 1 saturated heterocycles. The molecule has 0 spiro atoms. The Labute approximate surface area is 118 Å². The van der Waals surface area contributed by atoms with Gasteiger partial charge in [0.25, 0.3) is 0 Å². The number of carbonyl (C=O) groups is 1. The second-order valence-electron chi connectivity index (χ2n) is 5.94. The third kappa shape index (κ3) is 6.92. The van der Waals surface area contributed by atoms with Crippen molar-refractivity contribution in [3.05, 3.63) is 0 Å². The smallest absolute Gasteiger partial charge is 0.220 e. The quantitative estimate of drug-likeness (QED) is 0.703. The zero-order valence-electron chi connectivity index (χ0n) is 12.7. The highest BCUT2D eigenvalue weighted by molar-refractivity contribution is 5.75. The van der Waals surface area contributed by atoms with Gasteiger partial charge in [-0.15, -0.1) is 0 Å². The first-order valence-electron chi connectivity index (χ1n) is 7.81. The van der Waals surface area contributed by atoms with Crippen molar-refractivity contribution in [2.45, 2.75) is 45.4 Å². The molecule has 0 aliphatic carbocycles. The summed E-state index contributed by atoms with van der Waals surface area (Å²) in [5.41, 5.74) is 5.57. The van der Waals surface area contributed by atoms with Crippen LogP contribution < -0.4 is 11.1 Å². The summed E-state index contributed by atoms with van der Waals surface area (Å²) in [5, 5.41) is 3.10. The van der Waals surface area contributed by atoms with Crippen molar-refractivity contribution in [1.82, 2.24) is 10.2 Å². The molecule has 1 aliphatic rings. The number of hydrogen-bond donors (Lipinski definition) is 2. The minimum absolute atomic E-state index is 0.217. The Hall–Kier alpha value is -0.610. The van der Waals surface area contributed by atoms with E-state index < -0.39 is 0 Å². The summed E-state index contributed by atoms with van der Waals surface area (Å²) in [6, 6.07) is 0. The van der Waals surface area contributed by atoms with Crippen LogP contribution in [0.1, 0.15) is 45.4 Å². The van der Waals surface area contributed by atoms with Crippen LogP contribution in [-0.2, 0) is 4.79 Å². The molecule has 1 heterocycles. The highest BCUT2D eigenvalue weighted by atomic mass is 16.1. The Morgan fingerprint density at radius 2 is 2.05 bits per heavy atom. The van der Waals surface area contributed by atoms with Crippen molar-refractivity contribution < 1.29 is 4.79 Å². The maximum atomic E-state index is 11.8. The van der Waals surface area contributed by atoms with Crippen molar-refractivity contribution >= 4 is 5.91 Å². The lowest BCUT2D eigenvalue weighted by atomic mass is 9.95. The van der Waals surface area contributed by atoms with E-state index in [0.717, 1.165) is 45.4 Å². The lowest BCUT2D eigenvalue weighted by Crippen LogP contribution is -2.36. The van der Waals surface area contributed by atoms with Crippen molar-refractivity contribution in [3.63, 3.8) is 0 Å². The van der Waals surface area contributed by atoms with Crippen LogP contribution >= 0.6 is 0 Å². The number of amides is 1. The van der Waals surface area contributed by atoms with Crippen molar-refractivity contribution in [2.24, 2.45) is 17.6 Å². The molecule has 0 aromatic carbocycles. The molecule has 4 heteroatoms. The van der Waals surface area contributed by atoms with E-state index in [4.69, 9.17) is 5.73 Å². The predicted octanol–water partition coefficient (Wildman–Crippen LogP) is 1.60. The van der Waals surface area contributed by atoms with Gasteiger partial charge < -0.3 is 16.0 Å². The summed E-state index contributed by atoms with van der Waals surface area (Å²) in [6.45, 7) is 6.09. The molecular weight excluding hydrogens is 238 g/mol. The average Bonchev–Trinajstić information content (AvgIpc) is 2.42. The Morgan fingerprint density at radius 3 is 2.63 bits per heavy atom. The highest BCUT2D eigenvalue weighted by Gasteiger charge is 2.17. The average molecular weight is 269 g/mol. The minimum Gasteiger partial charge on any atom is -0.356 e. The molecule has 0 radical (unpaired) electrons. The van der Waals surface area contributed by atoms with E-state index in [9.17, 15) is 4.79 Å². The van der Waals surface area contributed by atoms with Crippen LogP contribution in [0.4, 0.5) is 0 Å². The summed E-state index contributed by atoms with van der Waals surface area (Å²) >= 11 is 0. The van der Waals surface area contributed by atoms with Gasteiger partial charge in [0.15, 0.2) is 0 Å². The number of rotatable bonds is 8. The molecule has 1 fully saturated rings. The third-order valence-corrected chi connectivity index (χ3v) is 4.36. The lowest BCUT2D eigenvalue weighted by molar-refractivity contribution is -0.121. The van der Waals surface area contributed by atoms with Gasteiger partial charge in [0.2, 0.25) is 5.91 Å². The van der Waals surface area contributed by atoms with Gasteiger partial charge in [-0.3, -0.25) is 4.79 Å². The highest BCUT2D eigenvalue weighted by Crippen LogP contribution is 2.16. The second-order valence-corrected chi connectivity index (χ2v) is 5.94. The standard InChI is InChI=1S/C15H31N3O/c1-3-13(6-9-16)4-5-15(19)17-12-14-7-10-18(2)11-8-14/h13-14H,3-12,16H2,1-2H3,(H,17,19). The Balaban J connectivity index is 2.10. The molecule has 1 amide bonds. The molecular formula is C15H31N3O. The van der Waals surface area contributed by atoms with E-state index in [1.54, 1.807) is 0 Å². The zero-order valence-corrected chi connectivity index (χ0v) is 12.7. The molecule has 4 nitrogen and oxygen atoms in total. The van der Waals surface area contributed by atoms with E-state index in [0.29, 0.717) is 18.3 Å². The molecule has 1 atom stereocenters. The molecule has 3 N–H and O–H groups in total. The van der Waals surface area contributed by atoms with Crippen LogP contribution in [0, 0.1) is 11.8 Å². The van der Waals surface area contributed by atoms with Gasteiger partial charge in [-0.1, -0.05) is 13.3 Å². The monoisotopic (exact) mass is 269 g/mol. The number of hydrogen-bond acceptors (Lipinski definition) is 3. The first kappa shape index (κ1) is 16.4. The van der Waals surface area contributed by atoms with E-state index in [2.05, 4.69) is 24.2 Å². The normalized spacial score (nSPS) is 19.3. The number of nitrogens with two attached hydrogens (primary N) is 1. The van der Waals surface area contributed by atoms with E-state index >= 15 is 0 Å². The first-order chi connectivity index (χ1) is 9.15. The predicted molar refractivity (Wildman–Crippen MR) is 79.9 cm³/mol. The Bertz CT molecular complexity index is 250. The van der Waals surface area contributed by atoms with Gasteiger partial charge in [0.05, 0.1) is 0 Å². The first-order valence-corrected chi connectivity index (χ1v) is 7.81. The molecule has 1 aliphatic heterocycles. The molecule has 112 valence electrons.